The maximum Gasteiger partial charge on any atom is 0.258 e. The Morgan fingerprint density at radius 3 is 2.89 bits per heavy atom. The third-order valence-electron chi connectivity index (χ3n) is 4.27. The largest absolute Gasteiger partial charge is 0.334 e. The van der Waals surface area contributed by atoms with E-state index < -0.39 is 0 Å². The number of Topliss-reactive ketones (excluding diaryl/α,β-unsaturated/α-hetero) is 1. The van der Waals surface area contributed by atoms with E-state index in [4.69, 9.17) is 4.52 Å². The Balaban J connectivity index is 1.37. The van der Waals surface area contributed by atoms with Crippen LogP contribution in [0.1, 0.15) is 41.9 Å². The number of thioether (sulfide) groups is 1. The van der Waals surface area contributed by atoms with E-state index >= 15 is 0 Å². The highest BCUT2D eigenvalue weighted by molar-refractivity contribution is 7.99. The number of hydrogen-bond donors (Lipinski definition) is 1. The van der Waals surface area contributed by atoms with E-state index in [1.165, 1.54) is 18.7 Å². The number of hydrogen-bond acceptors (Lipinski definition) is 7. The first-order valence-electron chi connectivity index (χ1n) is 8.92. The van der Waals surface area contributed by atoms with E-state index in [1.54, 1.807) is 30.5 Å². The number of ketones is 1. The van der Waals surface area contributed by atoms with Crippen LogP contribution in [0.25, 0.3) is 11.5 Å². The molecule has 1 N–H and O–H groups in total. The molecule has 0 radical (unpaired) electrons. The van der Waals surface area contributed by atoms with Gasteiger partial charge in [0.2, 0.25) is 5.91 Å². The standard InChI is InChI=1S/C20H18N4O3S/c1-12(25)14-3-2-4-16(9-14)22-17(26)11-28-18-10-15(7-8-21-18)20-23-19(24-27-20)13-5-6-13/h2-4,7-10,13H,5-6,11H2,1H3,(H,22,26). The normalized spacial score (nSPS) is 13.3. The number of nitrogens with one attached hydrogen (secondary N) is 1. The molecule has 4 rings (SSSR count). The lowest BCUT2D eigenvalue weighted by atomic mass is 10.1. The van der Waals surface area contributed by atoms with Gasteiger partial charge >= 0.3 is 0 Å². The lowest BCUT2D eigenvalue weighted by Crippen LogP contribution is -2.14. The predicted octanol–water partition coefficient (Wildman–Crippen LogP) is 3.94. The van der Waals surface area contributed by atoms with Crippen molar-refractivity contribution in [1.29, 1.82) is 0 Å². The molecule has 2 aromatic heterocycles. The highest BCUT2D eigenvalue weighted by atomic mass is 32.2. The summed E-state index contributed by atoms with van der Waals surface area (Å²) in [6.07, 6.45) is 3.88. The molecule has 0 unspecified atom stereocenters. The van der Waals surface area contributed by atoms with Crippen LogP contribution >= 0.6 is 11.8 Å². The molecule has 1 aliphatic carbocycles. The first-order valence-corrected chi connectivity index (χ1v) is 9.91. The van der Waals surface area contributed by atoms with Gasteiger partial charge in [0.1, 0.15) is 0 Å². The number of carbonyl (C=O) groups excluding carboxylic acids is 2. The van der Waals surface area contributed by atoms with Crippen LogP contribution in [0.2, 0.25) is 0 Å². The van der Waals surface area contributed by atoms with Crippen LogP contribution in [-0.2, 0) is 4.79 Å². The fourth-order valence-electron chi connectivity index (χ4n) is 2.63. The molecule has 0 bridgehead atoms. The maximum atomic E-state index is 12.2. The van der Waals surface area contributed by atoms with Gasteiger partial charge in [0, 0.05) is 28.9 Å². The molecule has 8 heteroatoms. The Kier molecular flexibility index (Phi) is 5.21. The summed E-state index contributed by atoms with van der Waals surface area (Å²) in [6.45, 7) is 1.49. The fraction of sp³-hybridized carbons (Fsp3) is 0.250. The third kappa shape index (κ3) is 4.45. The van der Waals surface area contributed by atoms with Gasteiger partial charge in [-0.25, -0.2) is 4.98 Å². The first-order chi connectivity index (χ1) is 13.6. The maximum absolute atomic E-state index is 12.2. The Labute approximate surface area is 165 Å². The second kappa shape index (κ2) is 7.93. The summed E-state index contributed by atoms with van der Waals surface area (Å²) in [5, 5.41) is 7.51. The van der Waals surface area contributed by atoms with Gasteiger partial charge < -0.3 is 9.84 Å². The molecule has 2 heterocycles. The van der Waals surface area contributed by atoms with Gasteiger partial charge in [-0.3, -0.25) is 9.59 Å². The zero-order valence-corrected chi connectivity index (χ0v) is 16.0. The molecule has 3 aromatic rings. The summed E-state index contributed by atoms with van der Waals surface area (Å²) in [7, 11) is 0. The molecule has 1 amide bonds. The molecule has 0 spiro atoms. The second-order valence-corrected chi connectivity index (χ2v) is 7.58. The van der Waals surface area contributed by atoms with Crippen LogP contribution < -0.4 is 5.32 Å². The number of nitrogens with zero attached hydrogens (tertiary/aromatic N) is 3. The topological polar surface area (TPSA) is 98.0 Å². The Bertz CT molecular complexity index is 1030. The molecule has 0 atom stereocenters. The van der Waals surface area contributed by atoms with Crippen LogP contribution in [0.15, 0.2) is 52.1 Å². The quantitative estimate of drug-likeness (QED) is 0.479. The van der Waals surface area contributed by atoms with E-state index in [0.717, 1.165) is 24.2 Å². The van der Waals surface area contributed by atoms with Crippen LogP contribution in [0.3, 0.4) is 0 Å². The molecule has 7 nitrogen and oxygen atoms in total. The summed E-state index contributed by atoms with van der Waals surface area (Å²) in [5.41, 5.74) is 1.94. The zero-order chi connectivity index (χ0) is 19.5. The third-order valence-corrected chi connectivity index (χ3v) is 5.20. The van der Waals surface area contributed by atoms with Crippen LogP contribution in [0.5, 0.6) is 0 Å². The lowest BCUT2D eigenvalue weighted by molar-refractivity contribution is -0.113. The molecule has 0 aliphatic heterocycles. The minimum atomic E-state index is -0.174. The summed E-state index contributed by atoms with van der Waals surface area (Å²) < 4.78 is 5.34. The lowest BCUT2D eigenvalue weighted by Gasteiger charge is -2.06. The SMILES string of the molecule is CC(=O)c1cccc(NC(=O)CSc2cc(-c3nc(C4CC4)no3)ccn2)c1. The zero-order valence-electron chi connectivity index (χ0n) is 15.2. The molecule has 0 saturated heterocycles. The van der Waals surface area contributed by atoms with Gasteiger partial charge in [-0.05, 0) is 44.0 Å². The first kappa shape index (κ1) is 18.4. The second-order valence-electron chi connectivity index (χ2n) is 6.59. The minimum absolute atomic E-state index is 0.0441. The van der Waals surface area contributed by atoms with E-state index in [-0.39, 0.29) is 17.4 Å². The summed E-state index contributed by atoms with van der Waals surface area (Å²) in [5.74, 6) is 1.63. The van der Waals surface area contributed by atoms with Crippen LogP contribution in [-0.4, -0.2) is 32.6 Å². The van der Waals surface area contributed by atoms with Crippen LogP contribution in [0, 0.1) is 0 Å². The number of benzene rings is 1. The number of amides is 1. The monoisotopic (exact) mass is 394 g/mol. The predicted molar refractivity (Wildman–Crippen MR) is 105 cm³/mol. The Morgan fingerprint density at radius 2 is 2.11 bits per heavy atom. The van der Waals surface area contributed by atoms with Gasteiger partial charge in [-0.2, -0.15) is 4.98 Å². The molecular formula is C20H18N4O3S. The molecule has 28 heavy (non-hydrogen) atoms. The average Bonchev–Trinajstić information content (AvgIpc) is 3.43. The number of anilines is 1. The van der Waals surface area contributed by atoms with Crippen molar-refractivity contribution >= 4 is 29.1 Å². The van der Waals surface area contributed by atoms with Crippen molar-refractivity contribution in [3.05, 3.63) is 54.0 Å². The Morgan fingerprint density at radius 1 is 1.25 bits per heavy atom. The van der Waals surface area contributed by atoms with Gasteiger partial charge in [0.15, 0.2) is 11.6 Å². The number of pyridine rings is 1. The van der Waals surface area contributed by atoms with Gasteiger partial charge in [0.05, 0.1) is 10.8 Å². The van der Waals surface area contributed by atoms with Gasteiger partial charge in [0.25, 0.3) is 5.89 Å². The number of carbonyl (C=O) groups is 2. The number of aromatic nitrogens is 3. The van der Waals surface area contributed by atoms with Crippen molar-refractivity contribution in [2.45, 2.75) is 30.7 Å². The van der Waals surface area contributed by atoms with Crippen molar-refractivity contribution in [2.24, 2.45) is 0 Å². The van der Waals surface area contributed by atoms with Crippen LogP contribution in [0.4, 0.5) is 5.69 Å². The van der Waals surface area contributed by atoms with Crippen molar-refractivity contribution in [3.8, 4) is 11.5 Å². The van der Waals surface area contributed by atoms with Crippen molar-refractivity contribution in [3.63, 3.8) is 0 Å². The fourth-order valence-corrected chi connectivity index (χ4v) is 3.33. The van der Waals surface area contributed by atoms with Crippen molar-refractivity contribution in [1.82, 2.24) is 15.1 Å². The molecule has 1 aromatic carbocycles. The molecule has 1 fully saturated rings. The van der Waals surface area contributed by atoms with Crippen molar-refractivity contribution in [2.75, 3.05) is 11.1 Å². The molecule has 1 aliphatic rings. The van der Waals surface area contributed by atoms with E-state index in [1.807, 2.05) is 12.1 Å². The highest BCUT2D eigenvalue weighted by Gasteiger charge is 2.29. The van der Waals surface area contributed by atoms with E-state index in [2.05, 4.69) is 20.4 Å². The van der Waals surface area contributed by atoms with E-state index in [9.17, 15) is 9.59 Å². The van der Waals surface area contributed by atoms with Gasteiger partial charge in [-0.1, -0.05) is 29.1 Å². The molecular weight excluding hydrogens is 376 g/mol. The smallest absolute Gasteiger partial charge is 0.258 e. The molecule has 1 saturated carbocycles. The highest BCUT2D eigenvalue weighted by Crippen LogP contribution is 2.39. The summed E-state index contributed by atoms with van der Waals surface area (Å²) in [6, 6.07) is 10.5. The van der Waals surface area contributed by atoms with Crippen molar-refractivity contribution < 1.29 is 14.1 Å². The van der Waals surface area contributed by atoms with E-state index in [0.29, 0.717) is 28.1 Å². The van der Waals surface area contributed by atoms with Gasteiger partial charge in [-0.15, -0.1) is 0 Å². The summed E-state index contributed by atoms with van der Waals surface area (Å²) >= 11 is 1.31. The molecule has 142 valence electrons. The minimum Gasteiger partial charge on any atom is -0.334 e. The Hall–Kier alpha value is -3.00. The number of rotatable bonds is 7. The summed E-state index contributed by atoms with van der Waals surface area (Å²) in [4.78, 5) is 32.4. The average molecular weight is 394 g/mol.